The Bertz CT molecular complexity index is 463. The molecule has 0 aliphatic heterocycles. The largest absolute Gasteiger partial charge is 0.489 e. The Morgan fingerprint density at radius 2 is 1.47 bits per heavy atom. The van der Waals surface area contributed by atoms with E-state index in [1.165, 1.54) is 0 Å². The Kier molecular flexibility index (Phi) is 3.83. The molecule has 0 amide bonds. The molecule has 1 N–H and O–H groups in total. The average molecular weight is 224 g/mol. The maximum Gasteiger partial charge on any atom is 0.119 e. The van der Waals surface area contributed by atoms with Crippen molar-refractivity contribution in [2.24, 2.45) is 0 Å². The van der Waals surface area contributed by atoms with E-state index in [0.29, 0.717) is 6.61 Å². The van der Waals surface area contributed by atoms with E-state index in [1.807, 2.05) is 48.5 Å². The molecule has 17 heavy (non-hydrogen) atoms. The number of rotatable bonds is 4. The van der Waals surface area contributed by atoms with Gasteiger partial charge in [0.2, 0.25) is 0 Å². The monoisotopic (exact) mass is 224 g/mol. The minimum atomic E-state index is 0.0538. The lowest BCUT2D eigenvalue weighted by molar-refractivity contribution is 0.280. The van der Waals surface area contributed by atoms with Gasteiger partial charge in [-0.2, -0.15) is 0 Å². The summed E-state index contributed by atoms with van der Waals surface area (Å²) in [6.45, 7) is 0.566. The second-order valence-corrected chi connectivity index (χ2v) is 3.83. The van der Waals surface area contributed by atoms with E-state index in [9.17, 15) is 0 Å². The Morgan fingerprint density at radius 3 is 2.06 bits per heavy atom. The molecule has 2 radical (unpaired) electrons. The maximum atomic E-state index is 8.91. The number of ether oxygens (including phenoxy) is 1. The summed E-state index contributed by atoms with van der Waals surface area (Å²) in [4.78, 5) is 0. The molecule has 0 aliphatic rings. The Labute approximate surface area is 102 Å². The van der Waals surface area contributed by atoms with Crippen molar-refractivity contribution in [3.05, 3.63) is 59.7 Å². The van der Waals surface area contributed by atoms with Gasteiger partial charge in [0.1, 0.15) is 20.2 Å². The van der Waals surface area contributed by atoms with Crippen LogP contribution >= 0.6 is 0 Å². The van der Waals surface area contributed by atoms with Crippen LogP contribution in [0, 0.1) is 0 Å². The van der Waals surface area contributed by atoms with Gasteiger partial charge in [0, 0.05) is 0 Å². The molecule has 0 heterocycles. The van der Waals surface area contributed by atoms with Crippen LogP contribution in [-0.2, 0) is 13.2 Å². The Morgan fingerprint density at radius 1 is 0.882 bits per heavy atom. The lowest BCUT2D eigenvalue weighted by atomic mass is 9.95. The van der Waals surface area contributed by atoms with E-state index in [4.69, 9.17) is 17.7 Å². The van der Waals surface area contributed by atoms with Gasteiger partial charge in [-0.1, -0.05) is 41.9 Å². The molecule has 2 aromatic carbocycles. The number of benzene rings is 2. The van der Waals surface area contributed by atoms with Crippen LogP contribution in [0.2, 0.25) is 0 Å². The van der Waals surface area contributed by atoms with Crippen molar-refractivity contribution in [2.45, 2.75) is 13.2 Å². The summed E-state index contributed by atoms with van der Waals surface area (Å²) in [6.07, 6.45) is 0. The number of hydrogen-bond acceptors (Lipinski definition) is 2. The third-order valence-electron chi connectivity index (χ3n) is 2.49. The normalized spacial score (nSPS) is 10.2. The third-order valence-corrected chi connectivity index (χ3v) is 2.49. The first-order valence-electron chi connectivity index (χ1n) is 5.45. The number of hydrogen-bond donors (Lipinski definition) is 1. The molecule has 0 unspecified atom stereocenters. The van der Waals surface area contributed by atoms with Crippen molar-refractivity contribution in [3.63, 3.8) is 0 Å². The van der Waals surface area contributed by atoms with Crippen molar-refractivity contribution in [1.29, 1.82) is 0 Å². The van der Waals surface area contributed by atoms with Crippen LogP contribution in [-0.4, -0.2) is 13.0 Å². The second-order valence-electron chi connectivity index (χ2n) is 3.83. The summed E-state index contributed by atoms with van der Waals surface area (Å²) in [5.74, 6) is 0.791. The summed E-state index contributed by atoms with van der Waals surface area (Å²) >= 11 is 0. The van der Waals surface area contributed by atoms with E-state index in [0.717, 1.165) is 22.3 Å². The fourth-order valence-electron chi connectivity index (χ4n) is 1.47. The molecule has 0 saturated heterocycles. The summed E-state index contributed by atoms with van der Waals surface area (Å²) in [5, 5.41) is 8.91. The summed E-state index contributed by atoms with van der Waals surface area (Å²) in [7, 11) is 5.60. The SMILES string of the molecule is [B]c1ccc(COc2ccc(CO)cc2)cc1. The minimum Gasteiger partial charge on any atom is -0.489 e. The Hall–Kier alpha value is -1.74. The van der Waals surface area contributed by atoms with E-state index in [1.54, 1.807) is 0 Å². The lowest BCUT2D eigenvalue weighted by Gasteiger charge is -2.07. The molecule has 2 nitrogen and oxygen atoms in total. The van der Waals surface area contributed by atoms with Crippen LogP contribution in [0.15, 0.2) is 48.5 Å². The molecular weight excluding hydrogens is 211 g/mol. The zero-order valence-electron chi connectivity index (χ0n) is 9.47. The topological polar surface area (TPSA) is 29.5 Å². The standard InChI is InChI=1S/C14H13BO2/c15-13-5-1-12(2-6-13)10-17-14-7-3-11(9-16)4-8-14/h1-8,16H,9-10H2. The third kappa shape index (κ3) is 3.36. The predicted molar refractivity (Wildman–Crippen MR) is 68.5 cm³/mol. The van der Waals surface area contributed by atoms with Crippen LogP contribution in [0.1, 0.15) is 11.1 Å². The highest BCUT2D eigenvalue weighted by Gasteiger charge is 1.96. The van der Waals surface area contributed by atoms with Gasteiger partial charge in [-0.3, -0.25) is 0 Å². The number of aliphatic hydroxyl groups is 1. The van der Waals surface area contributed by atoms with Gasteiger partial charge in [-0.25, -0.2) is 0 Å². The molecular formula is C14H13BO2. The summed E-state index contributed by atoms with van der Waals surface area (Å²) < 4.78 is 5.61. The molecule has 0 bridgehead atoms. The van der Waals surface area contributed by atoms with Crippen LogP contribution in [0.5, 0.6) is 5.75 Å². The van der Waals surface area contributed by atoms with E-state index < -0.39 is 0 Å². The first-order valence-corrected chi connectivity index (χ1v) is 5.45. The lowest BCUT2D eigenvalue weighted by Crippen LogP contribution is -2.02. The predicted octanol–water partition coefficient (Wildman–Crippen LogP) is 1.55. The number of aliphatic hydroxyl groups excluding tert-OH is 1. The van der Waals surface area contributed by atoms with Crippen molar-refractivity contribution in [2.75, 3.05) is 0 Å². The molecule has 3 heteroatoms. The van der Waals surface area contributed by atoms with Crippen molar-refractivity contribution in [3.8, 4) is 5.75 Å². The molecule has 84 valence electrons. The van der Waals surface area contributed by atoms with Gasteiger partial charge >= 0.3 is 0 Å². The van der Waals surface area contributed by atoms with Crippen molar-refractivity contribution < 1.29 is 9.84 Å². The van der Waals surface area contributed by atoms with Gasteiger partial charge in [0.15, 0.2) is 0 Å². The highest BCUT2D eigenvalue weighted by molar-refractivity contribution is 6.32. The molecule has 0 saturated carbocycles. The molecule has 0 atom stereocenters. The van der Waals surface area contributed by atoms with E-state index in [-0.39, 0.29) is 6.61 Å². The van der Waals surface area contributed by atoms with Gasteiger partial charge in [-0.15, -0.1) is 0 Å². The van der Waals surface area contributed by atoms with Gasteiger partial charge in [0.25, 0.3) is 0 Å². The van der Waals surface area contributed by atoms with Gasteiger partial charge in [-0.05, 0) is 23.3 Å². The van der Waals surface area contributed by atoms with Crippen LogP contribution in [0.3, 0.4) is 0 Å². The summed E-state index contributed by atoms with van der Waals surface area (Å²) in [6, 6.07) is 15.0. The van der Waals surface area contributed by atoms with E-state index in [2.05, 4.69) is 0 Å². The highest BCUT2D eigenvalue weighted by Crippen LogP contribution is 2.13. The van der Waals surface area contributed by atoms with E-state index >= 15 is 0 Å². The minimum absolute atomic E-state index is 0.0538. The van der Waals surface area contributed by atoms with Gasteiger partial charge < -0.3 is 9.84 Å². The smallest absolute Gasteiger partial charge is 0.119 e. The molecule has 0 aromatic heterocycles. The van der Waals surface area contributed by atoms with Crippen LogP contribution in [0.4, 0.5) is 0 Å². The zero-order valence-corrected chi connectivity index (χ0v) is 9.47. The quantitative estimate of drug-likeness (QED) is 0.798. The molecule has 2 rings (SSSR count). The first kappa shape index (κ1) is 11.7. The zero-order chi connectivity index (χ0) is 12.1. The maximum absolute atomic E-state index is 8.91. The molecule has 2 aromatic rings. The average Bonchev–Trinajstić information content (AvgIpc) is 2.39. The molecule has 0 aliphatic carbocycles. The fourth-order valence-corrected chi connectivity index (χ4v) is 1.47. The molecule has 0 spiro atoms. The second kappa shape index (κ2) is 5.55. The Balaban J connectivity index is 1.95. The first-order chi connectivity index (χ1) is 8.28. The highest BCUT2D eigenvalue weighted by atomic mass is 16.5. The van der Waals surface area contributed by atoms with Crippen molar-refractivity contribution in [1.82, 2.24) is 0 Å². The van der Waals surface area contributed by atoms with Crippen molar-refractivity contribution >= 4 is 13.3 Å². The van der Waals surface area contributed by atoms with Gasteiger partial charge in [0.05, 0.1) is 6.61 Å². The molecule has 0 fully saturated rings. The van der Waals surface area contributed by atoms with Crippen LogP contribution < -0.4 is 10.2 Å². The van der Waals surface area contributed by atoms with Crippen LogP contribution in [0.25, 0.3) is 0 Å². The summed E-state index contributed by atoms with van der Waals surface area (Å²) in [5.41, 5.74) is 2.70. The fraction of sp³-hybridized carbons (Fsp3) is 0.143.